The van der Waals surface area contributed by atoms with Crippen molar-refractivity contribution in [3.8, 4) is 5.69 Å². The molecular weight excluding hydrogens is 501 g/mol. The SMILES string of the molecule is O=c1[nH]c(SCc2nc3ccccc3c(=O)n2-c2cccc(C(F)(F)F)c2)nc2cc(Cl)ccc12. The minimum absolute atomic E-state index is 0.0328. The fraction of sp³-hybridized carbons (Fsp3) is 0.0833. The summed E-state index contributed by atoms with van der Waals surface area (Å²) in [5.74, 6) is 0.248. The van der Waals surface area contributed by atoms with E-state index in [0.717, 1.165) is 28.5 Å². The molecule has 5 rings (SSSR count). The van der Waals surface area contributed by atoms with Gasteiger partial charge in [0.25, 0.3) is 11.1 Å². The highest BCUT2D eigenvalue weighted by Gasteiger charge is 2.31. The number of aromatic nitrogens is 4. The van der Waals surface area contributed by atoms with Crippen LogP contribution >= 0.6 is 23.4 Å². The number of hydrogen-bond acceptors (Lipinski definition) is 5. The molecule has 0 atom stereocenters. The largest absolute Gasteiger partial charge is 0.416 e. The van der Waals surface area contributed by atoms with Gasteiger partial charge in [-0.15, -0.1) is 0 Å². The second kappa shape index (κ2) is 8.86. The van der Waals surface area contributed by atoms with Gasteiger partial charge in [0.2, 0.25) is 0 Å². The van der Waals surface area contributed by atoms with Crippen LogP contribution in [0.2, 0.25) is 5.02 Å². The number of benzene rings is 3. The lowest BCUT2D eigenvalue weighted by Gasteiger charge is -2.15. The molecule has 0 unspecified atom stereocenters. The van der Waals surface area contributed by atoms with E-state index in [4.69, 9.17) is 11.6 Å². The number of halogens is 4. The van der Waals surface area contributed by atoms with Gasteiger partial charge in [0.05, 0.1) is 38.8 Å². The van der Waals surface area contributed by atoms with E-state index in [1.54, 1.807) is 42.5 Å². The highest BCUT2D eigenvalue weighted by molar-refractivity contribution is 7.98. The molecule has 0 amide bonds. The maximum absolute atomic E-state index is 13.3. The zero-order valence-electron chi connectivity index (χ0n) is 17.6. The lowest BCUT2D eigenvalue weighted by molar-refractivity contribution is -0.137. The molecule has 0 saturated carbocycles. The van der Waals surface area contributed by atoms with Crippen LogP contribution in [-0.4, -0.2) is 19.5 Å². The monoisotopic (exact) mass is 514 g/mol. The van der Waals surface area contributed by atoms with Gasteiger partial charge in [-0.1, -0.05) is 41.6 Å². The van der Waals surface area contributed by atoms with E-state index >= 15 is 0 Å². The highest BCUT2D eigenvalue weighted by Crippen LogP contribution is 2.31. The van der Waals surface area contributed by atoms with E-state index in [1.807, 2.05) is 0 Å². The molecule has 176 valence electrons. The van der Waals surface area contributed by atoms with E-state index in [-0.39, 0.29) is 33.4 Å². The molecule has 2 aromatic heterocycles. The summed E-state index contributed by atoms with van der Waals surface area (Å²) in [4.78, 5) is 37.4. The number of alkyl halides is 3. The number of H-pyrrole nitrogens is 1. The summed E-state index contributed by atoms with van der Waals surface area (Å²) in [6.45, 7) is 0. The van der Waals surface area contributed by atoms with E-state index in [1.165, 1.54) is 12.1 Å². The second-order valence-electron chi connectivity index (χ2n) is 7.56. The van der Waals surface area contributed by atoms with Crippen LogP contribution in [0.4, 0.5) is 13.2 Å². The van der Waals surface area contributed by atoms with Gasteiger partial charge >= 0.3 is 6.18 Å². The van der Waals surface area contributed by atoms with Crippen molar-refractivity contribution >= 4 is 45.2 Å². The van der Waals surface area contributed by atoms with E-state index in [0.29, 0.717) is 21.4 Å². The van der Waals surface area contributed by atoms with Crippen LogP contribution in [-0.2, 0) is 11.9 Å². The zero-order valence-corrected chi connectivity index (χ0v) is 19.2. The molecule has 0 saturated heterocycles. The Hall–Kier alpha value is -3.63. The van der Waals surface area contributed by atoms with Crippen LogP contribution < -0.4 is 11.1 Å². The predicted molar refractivity (Wildman–Crippen MR) is 129 cm³/mol. The predicted octanol–water partition coefficient (Wildman–Crippen LogP) is 5.59. The molecule has 11 heteroatoms. The van der Waals surface area contributed by atoms with Gasteiger partial charge in [-0.25, -0.2) is 9.97 Å². The first-order chi connectivity index (χ1) is 16.7. The van der Waals surface area contributed by atoms with Gasteiger partial charge in [0, 0.05) is 5.02 Å². The van der Waals surface area contributed by atoms with Gasteiger partial charge in [-0.2, -0.15) is 13.2 Å². The molecule has 5 aromatic rings. The van der Waals surface area contributed by atoms with Crippen molar-refractivity contribution in [3.63, 3.8) is 0 Å². The van der Waals surface area contributed by atoms with Gasteiger partial charge in [-0.05, 0) is 48.5 Å². The van der Waals surface area contributed by atoms with Crippen molar-refractivity contribution in [2.24, 2.45) is 0 Å². The van der Waals surface area contributed by atoms with Gasteiger partial charge in [0.15, 0.2) is 5.16 Å². The number of aromatic amines is 1. The first-order valence-corrected chi connectivity index (χ1v) is 11.6. The Labute approximate surface area is 204 Å². The number of thioether (sulfide) groups is 1. The second-order valence-corrected chi connectivity index (χ2v) is 8.96. The topological polar surface area (TPSA) is 80.6 Å². The quantitative estimate of drug-likeness (QED) is 0.250. The molecule has 0 bridgehead atoms. The molecule has 1 N–H and O–H groups in total. The summed E-state index contributed by atoms with van der Waals surface area (Å²) in [5.41, 5.74) is -0.918. The molecule has 6 nitrogen and oxygen atoms in total. The summed E-state index contributed by atoms with van der Waals surface area (Å²) in [7, 11) is 0. The van der Waals surface area contributed by atoms with Gasteiger partial charge < -0.3 is 4.98 Å². The van der Waals surface area contributed by atoms with Crippen LogP contribution in [0, 0.1) is 0 Å². The molecule has 3 aromatic carbocycles. The summed E-state index contributed by atoms with van der Waals surface area (Å²) in [6, 6.07) is 15.8. The molecular formula is C24H14ClF3N4O2S. The number of nitrogens with one attached hydrogen (secondary N) is 1. The first kappa shape index (κ1) is 23.1. The van der Waals surface area contributed by atoms with Crippen molar-refractivity contribution in [2.75, 3.05) is 0 Å². The van der Waals surface area contributed by atoms with Crippen molar-refractivity contribution in [1.82, 2.24) is 19.5 Å². The third kappa shape index (κ3) is 4.54. The van der Waals surface area contributed by atoms with Crippen LogP contribution in [0.5, 0.6) is 0 Å². The maximum atomic E-state index is 13.3. The number of nitrogens with zero attached hydrogens (tertiary/aromatic N) is 3. The summed E-state index contributed by atoms with van der Waals surface area (Å²) >= 11 is 7.11. The average molecular weight is 515 g/mol. The van der Waals surface area contributed by atoms with Gasteiger partial charge in [0.1, 0.15) is 5.82 Å². The molecule has 0 aliphatic carbocycles. The molecule has 0 aliphatic rings. The fourth-order valence-electron chi connectivity index (χ4n) is 3.66. The molecule has 0 spiro atoms. The number of fused-ring (bicyclic) bond motifs is 2. The molecule has 0 radical (unpaired) electrons. The number of rotatable bonds is 4. The zero-order chi connectivity index (χ0) is 24.7. The number of para-hydroxylation sites is 1. The standard InChI is InChI=1S/C24H14ClF3N4O2S/c25-14-8-9-16-19(11-14)30-23(31-21(16)33)35-12-20-29-18-7-2-1-6-17(18)22(34)32(20)15-5-3-4-13(10-15)24(26,27)28/h1-11H,12H2,(H,30,31,33). The van der Waals surface area contributed by atoms with Crippen LogP contribution in [0.15, 0.2) is 81.5 Å². The minimum atomic E-state index is -4.57. The van der Waals surface area contributed by atoms with Gasteiger partial charge in [-0.3, -0.25) is 14.2 Å². The first-order valence-electron chi connectivity index (χ1n) is 10.2. The van der Waals surface area contributed by atoms with Crippen molar-refractivity contribution in [2.45, 2.75) is 17.1 Å². The normalized spacial score (nSPS) is 11.9. The van der Waals surface area contributed by atoms with E-state index in [9.17, 15) is 22.8 Å². The van der Waals surface area contributed by atoms with E-state index in [2.05, 4.69) is 15.0 Å². The van der Waals surface area contributed by atoms with Crippen molar-refractivity contribution in [1.29, 1.82) is 0 Å². The highest BCUT2D eigenvalue weighted by atomic mass is 35.5. The molecule has 0 fully saturated rings. The Kier molecular flexibility index (Phi) is 5.86. The fourth-order valence-corrected chi connectivity index (χ4v) is 4.61. The summed E-state index contributed by atoms with van der Waals surface area (Å²) < 4.78 is 41.2. The Balaban J connectivity index is 1.62. The van der Waals surface area contributed by atoms with Crippen LogP contribution in [0.1, 0.15) is 11.4 Å². The summed E-state index contributed by atoms with van der Waals surface area (Å²) in [6.07, 6.45) is -4.57. The maximum Gasteiger partial charge on any atom is 0.416 e. The Bertz CT molecular complexity index is 1720. The third-order valence-corrected chi connectivity index (χ3v) is 6.37. The molecule has 0 aliphatic heterocycles. The average Bonchev–Trinajstić information content (AvgIpc) is 2.82. The number of hydrogen-bond donors (Lipinski definition) is 1. The summed E-state index contributed by atoms with van der Waals surface area (Å²) in [5, 5.41) is 1.30. The Morgan fingerprint density at radius 2 is 1.71 bits per heavy atom. The molecule has 2 heterocycles. The van der Waals surface area contributed by atoms with Crippen LogP contribution in [0.3, 0.4) is 0 Å². The lowest BCUT2D eigenvalue weighted by atomic mass is 10.2. The minimum Gasteiger partial charge on any atom is -0.301 e. The van der Waals surface area contributed by atoms with Crippen molar-refractivity contribution in [3.05, 3.63) is 104 Å². The van der Waals surface area contributed by atoms with Crippen LogP contribution in [0.25, 0.3) is 27.5 Å². The lowest BCUT2D eigenvalue weighted by Crippen LogP contribution is -2.24. The smallest absolute Gasteiger partial charge is 0.301 e. The Morgan fingerprint density at radius 3 is 2.51 bits per heavy atom. The van der Waals surface area contributed by atoms with Crippen molar-refractivity contribution < 1.29 is 13.2 Å². The third-order valence-electron chi connectivity index (χ3n) is 5.26. The molecule has 35 heavy (non-hydrogen) atoms. The Morgan fingerprint density at radius 1 is 0.914 bits per heavy atom. The van der Waals surface area contributed by atoms with E-state index < -0.39 is 17.3 Å².